The Morgan fingerprint density at radius 1 is 1.41 bits per heavy atom. The van der Waals surface area contributed by atoms with Gasteiger partial charge in [0.05, 0.1) is 0 Å². The van der Waals surface area contributed by atoms with Crippen molar-refractivity contribution < 1.29 is 4.79 Å². The molecule has 0 atom stereocenters. The fraction of sp³-hybridized carbons (Fsp3) is 0.250. The molecule has 0 aliphatic heterocycles. The predicted octanol–water partition coefficient (Wildman–Crippen LogP) is 2.66. The van der Waals surface area contributed by atoms with Gasteiger partial charge in [0.1, 0.15) is 5.01 Å². The molecule has 4 nitrogen and oxygen atoms in total. The number of carbonyl (C=O) groups is 1. The normalized spacial score (nSPS) is 10.2. The lowest BCUT2D eigenvalue weighted by molar-refractivity contribution is 0.102. The minimum atomic E-state index is -0.146. The van der Waals surface area contributed by atoms with Crippen LogP contribution in [0.25, 0.3) is 0 Å². The first-order valence-electron chi connectivity index (χ1n) is 5.39. The zero-order valence-electron chi connectivity index (χ0n) is 9.73. The van der Waals surface area contributed by atoms with Crippen molar-refractivity contribution in [3.8, 4) is 0 Å². The number of aromatic nitrogens is 2. The van der Waals surface area contributed by atoms with E-state index >= 15 is 0 Å². The van der Waals surface area contributed by atoms with Crippen LogP contribution < -0.4 is 5.32 Å². The van der Waals surface area contributed by atoms with Gasteiger partial charge in [-0.05, 0) is 25.5 Å². The van der Waals surface area contributed by atoms with Crippen LogP contribution in [-0.4, -0.2) is 16.1 Å². The molecule has 0 fully saturated rings. The number of nitrogens with one attached hydrogen (secondary N) is 1. The largest absolute Gasteiger partial charge is 0.296 e. The highest BCUT2D eigenvalue weighted by atomic mass is 32.1. The van der Waals surface area contributed by atoms with E-state index in [2.05, 4.69) is 15.5 Å². The molecule has 1 amide bonds. The zero-order chi connectivity index (χ0) is 12.3. The topological polar surface area (TPSA) is 54.9 Å². The second-order valence-electron chi connectivity index (χ2n) is 3.68. The minimum absolute atomic E-state index is 0.146. The SMILES string of the molecule is CCc1nnc(NC(=O)c2cccc(C)c2)s1. The Morgan fingerprint density at radius 2 is 2.24 bits per heavy atom. The summed E-state index contributed by atoms with van der Waals surface area (Å²) >= 11 is 1.41. The third-order valence-electron chi connectivity index (χ3n) is 2.27. The highest BCUT2D eigenvalue weighted by molar-refractivity contribution is 7.15. The van der Waals surface area contributed by atoms with Crippen molar-refractivity contribution in [2.45, 2.75) is 20.3 Å². The molecule has 0 spiro atoms. The van der Waals surface area contributed by atoms with Gasteiger partial charge >= 0.3 is 0 Å². The summed E-state index contributed by atoms with van der Waals surface area (Å²) < 4.78 is 0. The summed E-state index contributed by atoms with van der Waals surface area (Å²) in [6, 6.07) is 7.44. The van der Waals surface area contributed by atoms with E-state index in [0.29, 0.717) is 10.7 Å². The molecular formula is C12H13N3OS. The molecule has 1 heterocycles. The molecule has 2 aromatic rings. The average Bonchev–Trinajstić information content (AvgIpc) is 2.77. The Kier molecular flexibility index (Phi) is 3.49. The van der Waals surface area contributed by atoms with E-state index in [9.17, 15) is 4.79 Å². The first kappa shape index (κ1) is 11.7. The second kappa shape index (κ2) is 5.05. The molecule has 0 saturated carbocycles. The van der Waals surface area contributed by atoms with Crippen molar-refractivity contribution in [2.24, 2.45) is 0 Å². The number of hydrogen-bond donors (Lipinski definition) is 1. The molecule has 0 bridgehead atoms. The molecule has 88 valence electrons. The fourth-order valence-corrected chi connectivity index (χ4v) is 2.08. The number of anilines is 1. The summed E-state index contributed by atoms with van der Waals surface area (Å²) in [5.41, 5.74) is 1.70. The highest BCUT2D eigenvalue weighted by Crippen LogP contribution is 2.16. The van der Waals surface area contributed by atoms with E-state index in [0.717, 1.165) is 17.0 Å². The van der Waals surface area contributed by atoms with E-state index in [4.69, 9.17) is 0 Å². The van der Waals surface area contributed by atoms with Crippen LogP contribution in [0, 0.1) is 6.92 Å². The Bertz CT molecular complexity index is 536. The van der Waals surface area contributed by atoms with Crippen LogP contribution in [-0.2, 0) is 6.42 Å². The summed E-state index contributed by atoms with van der Waals surface area (Å²) in [7, 11) is 0. The number of nitrogens with zero attached hydrogens (tertiary/aromatic N) is 2. The van der Waals surface area contributed by atoms with E-state index in [1.54, 1.807) is 6.07 Å². The Balaban J connectivity index is 2.11. The van der Waals surface area contributed by atoms with Crippen LogP contribution in [0.15, 0.2) is 24.3 Å². The minimum Gasteiger partial charge on any atom is -0.296 e. The van der Waals surface area contributed by atoms with Gasteiger partial charge < -0.3 is 0 Å². The number of rotatable bonds is 3. The molecule has 0 aliphatic carbocycles. The number of amides is 1. The smallest absolute Gasteiger partial charge is 0.257 e. The van der Waals surface area contributed by atoms with Crippen LogP contribution in [0.5, 0.6) is 0 Å². The molecule has 5 heteroatoms. The summed E-state index contributed by atoms with van der Waals surface area (Å²) in [6.07, 6.45) is 0.831. The summed E-state index contributed by atoms with van der Waals surface area (Å²) in [4.78, 5) is 11.9. The predicted molar refractivity (Wildman–Crippen MR) is 68.4 cm³/mol. The van der Waals surface area contributed by atoms with Crippen molar-refractivity contribution in [1.82, 2.24) is 10.2 Å². The summed E-state index contributed by atoms with van der Waals surface area (Å²) in [5, 5.41) is 12.1. The maximum absolute atomic E-state index is 11.9. The first-order chi connectivity index (χ1) is 8.19. The number of aryl methyl sites for hydroxylation is 2. The first-order valence-corrected chi connectivity index (χ1v) is 6.21. The van der Waals surface area contributed by atoms with Gasteiger partial charge in [0.2, 0.25) is 5.13 Å². The Labute approximate surface area is 104 Å². The van der Waals surface area contributed by atoms with E-state index in [1.165, 1.54) is 11.3 Å². The van der Waals surface area contributed by atoms with Gasteiger partial charge in [-0.15, -0.1) is 10.2 Å². The number of benzene rings is 1. The number of carbonyl (C=O) groups excluding carboxylic acids is 1. The Hall–Kier alpha value is -1.75. The van der Waals surface area contributed by atoms with E-state index in [1.807, 2.05) is 32.0 Å². The highest BCUT2D eigenvalue weighted by Gasteiger charge is 2.09. The molecule has 0 aliphatic rings. The Morgan fingerprint density at radius 3 is 2.88 bits per heavy atom. The molecule has 2 rings (SSSR count). The van der Waals surface area contributed by atoms with E-state index < -0.39 is 0 Å². The van der Waals surface area contributed by atoms with Gasteiger partial charge in [0.15, 0.2) is 0 Å². The molecule has 0 saturated heterocycles. The fourth-order valence-electron chi connectivity index (χ4n) is 1.40. The monoisotopic (exact) mass is 247 g/mol. The van der Waals surface area contributed by atoms with Crippen molar-refractivity contribution in [2.75, 3.05) is 5.32 Å². The van der Waals surface area contributed by atoms with Crippen molar-refractivity contribution >= 4 is 22.4 Å². The van der Waals surface area contributed by atoms with Crippen LogP contribution >= 0.6 is 11.3 Å². The van der Waals surface area contributed by atoms with Crippen LogP contribution in [0.1, 0.15) is 27.9 Å². The third-order valence-corrected chi connectivity index (χ3v) is 3.25. The molecule has 1 aromatic heterocycles. The lowest BCUT2D eigenvalue weighted by atomic mass is 10.1. The van der Waals surface area contributed by atoms with Gasteiger partial charge in [0.25, 0.3) is 5.91 Å². The molecular weight excluding hydrogens is 234 g/mol. The van der Waals surface area contributed by atoms with E-state index in [-0.39, 0.29) is 5.91 Å². The van der Waals surface area contributed by atoms with Crippen molar-refractivity contribution in [3.63, 3.8) is 0 Å². The van der Waals surface area contributed by atoms with Gasteiger partial charge in [-0.1, -0.05) is 36.0 Å². The molecule has 0 unspecified atom stereocenters. The van der Waals surface area contributed by atoms with Crippen molar-refractivity contribution in [3.05, 3.63) is 40.4 Å². The lowest BCUT2D eigenvalue weighted by Gasteiger charge is -2.01. The van der Waals surface area contributed by atoms with Crippen LogP contribution in [0.4, 0.5) is 5.13 Å². The summed E-state index contributed by atoms with van der Waals surface area (Å²) in [6.45, 7) is 3.96. The average molecular weight is 247 g/mol. The standard InChI is InChI=1S/C12H13N3OS/c1-3-10-14-15-12(17-10)13-11(16)9-6-4-5-8(2)7-9/h4-7H,3H2,1-2H3,(H,13,15,16). The summed E-state index contributed by atoms with van der Waals surface area (Å²) in [5.74, 6) is -0.146. The zero-order valence-corrected chi connectivity index (χ0v) is 10.5. The molecule has 1 N–H and O–H groups in total. The quantitative estimate of drug-likeness (QED) is 0.907. The van der Waals surface area contributed by atoms with Crippen LogP contribution in [0.2, 0.25) is 0 Å². The van der Waals surface area contributed by atoms with Gasteiger partial charge in [-0.3, -0.25) is 10.1 Å². The molecule has 1 aromatic carbocycles. The number of hydrogen-bond acceptors (Lipinski definition) is 4. The van der Waals surface area contributed by atoms with Gasteiger partial charge in [0, 0.05) is 5.56 Å². The second-order valence-corrected chi connectivity index (χ2v) is 4.74. The van der Waals surface area contributed by atoms with Crippen molar-refractivity contribution in [1.29, 1.82) is 0 Å². The van der Waals surface area contributed by atoms with Crippen LogP contribution in [0.3, 0.4) is 0 Å². The van der Waals surface area contributed by atoms with Gasteiger partial charge in [-0.2, -0.15) is 0 Å². The third kappa shape index (κ3) is 2.88. The maximum Gasteiger partial charge on any atom is 0.257 e. The maximum atomic E-state index is 11.9. The lowest BCUT2D eigenvalue weighted by Crippen LogP contribution is -2.11. The molecule has 17 heavy (non-hydrogen) atoms. The van der Waals surface area contributed by atoms with Gasteiger partial charge in [-0.25, -0.2) is 0 Å². The molecule has 0 radical (unpaired) electrons.